The third kappa shape index (κ3) is 5.25. The standard InChI is InChI=1S/C22H25ClF3NO3S/c1-2-3-4-16-5-8-18(9-6-16)31(29,30)27-13-11-21(28,12-14-27)17-7-10-20(23)19(15-17)22(24,25)26/h5-10,15,28H,2-4,11-14H2,1H3. The molecule has 1 saturated heterocycles. The van der Waals surface area contributed by atoms with Gasteiger partial charge in [0.1, 0.15) is 0 Å². The molecule has 1 N–H and O–H groups in total. The van der Waals surface area contributed by atoms with E-state index < -0.39 is 32.4 Å². The van der Waals surface area contributed by atoms with Crippen molar-refractivity contribution in [3.63, 3.8) is 0 Å². The van der Waals surface area contributed by atoms with Gasteiger partial charge in [-0.3, -0.25) is 0 Å². The second-order valence-electron chi connectivity index (χ2n) is 7.88. The quantitative estimate of drug-likeness (QED) is 0.610. The molecule has 0 amide bonds. The number of unbranched alkanes of at least 4 members (excludes halogenated alkanes) is 1. The van der Waals surface area contributed by atoms with Crippen molar-refractivity contribution in [1.29, 1.82) is 0 Å². The lowest BCUT2D eigenvalue weighted by molar-refractivity contribution is -0.137. The second-order valence-corrected chi connectivity index (χ2v) is 10.2. The van der Waals surface area contributed by atoms with Gasteiger partial charge in [0, 0.05) is 13.1 Å². The minimum atomic E-state index is -4.64. The van der Waals surface area contributed by atoms with E-state index in [0.717, 1.165) is 37.0 Å². The van der Waals surface area contributed by atoms with Crippen LogP contribution in [0.25, 0.3) is 0 Å². The number of hydrogen-bond acceptors (Lipinski definition) is 3. The van der Waals surface area contributed by atoms with E-state index in [4.69, 9.17) is 11.6 Å². The summed E-state index contributed by atoms with van der Waals surface area (Å²) in [4.78, 5) is 0.170. The summed E-state index contributed by atoms with van der Waals surface area (Å²) in [6.45, 7) is 2.09. The molecule has 0 spiro atoms. The summed E-state index contributed by atoms with van der Waals surface area (Å²) in [6, 6.07) is 10.1. The Bertz CT molecular complexity index is 1020. The summed E-state index contributed by atoms with van der Waals surface area (Å²) >= 11 is 5.67. The molecule has 0 aromatic heterocycles. The van der Waals surface area contributed by atoms with E-state index >= 15 is 0 Å². The molecule has 2 aromatic carbocycles. The summed E-state index contributed by atoms with van der Waals surface area (Å²) in [7, 11) is -3.75. The maximum atomic E-state index is 13.2. The number of aryl methyl sites for hydroxylation is 1. The fraction of sp³-hybridized carbons (Fsp3) is 0.455. The molecule has 2 aromatic rings. The molecule has 0 atom stereocenters. The smallest absolute Gasteiger partial charge is 0.385 e. The van der Waals surface area contributed by atoms with Crippen molar-refractivity contribution in [3.8, 4) is 0 Å². The lowest BCUT2D eigenvalue weighted by Gasteiger charge is -2.38. The predicted molar refractivity (Wildman–Crippen MR) is 113 cm³/mol. The zero-order chi connectivity index (χ0) is 22.9. The first kappa shape index (κ1) is 24.0. The summed E-state index contributed by atoms with van der Waals surface area (Å²) in [5.41, 5.74) is -1.42. The van der Waals surface area contributed by atoms with Crippen molar-refractivity contribution in [2.24, 2.45) is 0 Å². The highest BCUT2D eigenvalue weighted by molar-refractivity contribution is 7.89. The van der Waals surface area contributed by atoms with E-state index in [9.17, 15) is 26.7 Å². The monoisotopic (exact) mass is 475 g/mol. The van der Waals surface area contributed by atoms with E-state index in [1.165, 1.54) is 10.4 Å². The van der Waals surface area contributed by atoms with Crippen molar-refractivity contribution in [1.82, 2.24) is 4.31 Å². The Morgan fingerprint density at radius 3 is 2.26 bits per heavy atom. The number of rotatable bonds is 6. The Labute approximate surface area is 185 Å². The molecule has 0 unspecified atom stereocenters. The van der Waals surface area contributed by atoms with Crippen LogP contribution in [0.4, 0.5) is 13.2 Å². The highest BCUT2D eigenvalue weighted by Gasteiger charge is 2.40. The fourth-order valence-electron chi connectivity index (χ4n) is 3.78. The van der Waals surface area contributed by atoms with E-state index in [-0.39, 0.29) is 36.4 Å². The zero-order valence-corrected chi connectivity index (χ0v) is 18.7. The minimum Gasteiger partial charge on any atom is -0.385 e. The van der Waals surface area contributed by atoms with Gasteiger partial charge >= 0.3 is 6.18 Å². The lowest BCUT2D eigenvalue weighted by Crippen LogP contribution is -2.45. The molecule has 0 saturated carbocycles. The van der Waals surface area contributed by atoms with Gasteiger partial charge in [-0.1, -0.05) is 43.1 Å². The number of sulfonamides is 1. The van der Waals surface area contributed by atoms with E-state index in [0.29, 0.717) is 0 Å². The van der Waals surface area contributed by atoms with Gasteiger partial charge in [-0.2, -0.15) is 17.5 Å². The first-order valence-corrected chi connectivity index (χ1v) is 12.0. The topological polar surface area (TPSA) is 57.6 Å². The molecule has 31 heavy (non-hydrogen) atoms. The molecule has 4 nitrogen and oxygen atoms in total. The van der Waals surface area contributed by atoms with Gasteiger partial charge in [-0.05, 0) is 61.1 Å². The fourth-order valence-corrected chi connectivity index (χ4v) is 5.44. The maximum Gasteiger partial charge on any atom is 0.417 e. The van der Waals surface area contributed by atoms with Crippen LogP contribution in [0.15, 0.2) is 47.4 Å². The molecule has 3 rings (SSSR count). The second kappa shape index (κ2) is 9.10. The molecule has 1 heterocycles. The molecule has 1 aliphatic rings. The highest BCUT2D eigenvalue weighted by Crippen LogP contribution is 2.40. The van der Waals surface area contributed by atoms with E-state index in [1.54, 1.807) is 24.3 Å². The van der Waals surface area contributed by atoms with Crippen molar-refractivity contribution in [2.45, 2.75) is 55.7 Å². The average molecular weight is 476 g/mol. The van der Waals surface area contributed by atoms with Gasteiger partial charge < -0.3 is 5.11 Å². The third-order valence-electron chi connectivity index (χ3n) is 5.74. The van der Waals surface area contributed by atoms with Crippen molar-refractivity contribution in [2.75, 3.05) is 13.1 Å². The van der Waals surface area contributed by atoms with Crippen molar-refractivity contribution < 1.29 is 26.7 Å². The van der Waals surface area contributed by atoms with Gasteiger partial charge in [-0.15, -0.1) is 0 Å². The maximum absolute atomic E-state index is 13.2. The molecule has 1 fully saturated rings. The van der Waals surface area contributed by atoms with Crippen LogP contribution in [0.5, 0.6) is 0 Å². The number of halogens is 4. The van der Waals surface area contributed by atoms with Crippen LogP contribution >= 0.6 is 11.6 Å². The van der Waals surface area contributed by atoms with E-state index in [2.05, 4.69) is 6.92 Å². The Morgan fingerprint density at radius 1 is 1.10 bits per heavy atom. The molecule has 170 valence electrons. The largest absolute Gasteiger partial charge is 0.417 e. The Kier molecular flexibility index (Phi) is 7.05. The summed E-state index contributed by atoms with van der Waals surface area (Å²) in [6.07, 6.45) is -1.71. The summed E-state index contributed by atoms with van der Waals surface area (Å²) < 4.78 is 66.7. The van der Waals surface area contributed by atoms with Crippen LogP contribution in [0.1, 0.15) is 49.3 Å². The molecular formula is C22H25ClF3NO3S. The van der Waals surface area contributed by atoms with Crippen LogP contribution in [-0.4, -0.2) is 30.9 Å². The highest BCUT2D eigenvalue weighted by atomic mass is 35.5. The lowest BCUT2D eigenvalue weighted by atomic mass is 9.84. The van der Waals surface area contributed by atoms with Crippen LogP contribution < -0.4 is 0 Å². The molecule has 0 bridgehead atoms. The first-order valence-electron chi connectivity index (χ1n) is 10.2. The van der Waals surface area contributed by atoms with Crippen LogP contribution in [0, 0.1) is 0 Å². The molecule has 9 heteroatoms. The van der Waals surface area contributed by atoms with Crippen molar-refractivity contribution >= 4 is 21.6 Å². The van der Waals surface area contributed by atoms with Gasteiger partial charge in [0.25, 0.3) is 0 Å². The van der Waals surface area contributed by atoms with Gasteiger partial charge in [-0.25, -0.2) is 8.42 Å². The molecular weight excluding hydrogens is 451 g/mol. The number of hydrogen-bond donors (Lipinski definition) is 1. The minimum absolute atomic E-state index is 0.000394. The normalized spacial score (nSPS) is 17.6. The van der Waals surface area contributed by atoms with Crippen LogP contribution in [0.3, 0.4) is 0 Å². The van der Waals surface area contributed by atoms with E-state index in [1.807, 2.05) is 0 Å². The number of nitrogens with zero attached hydrogens (tertiary/aromatic N) is 1. The molecule has 0 radical (unpaired) electrons. The number of aliphatic hydroxyl groups is 1. The third-order valence-corrected chi connectivity index (χ3v) is 7.98. The van der Waals surface area contributed by atoms with Crippen molar-refractivity contribution in [3.05, 3.63) is 64.2 Å². The summed E-state index contributed by atoms with van der Waals surface area (Å²) in [5.74, 6) is 0. The average Bonchev–Trinajstić information content (AvgIpc) is 2.72. The zero-order valence-electron chi connectivity index (χ0n) is 17.1. The number of benzene rings is 2. The number of piperidine rings is 1. The Morgan fingerprint density at radius 2 is 1.71 bits per heavy atom. The Balaban J connectivity index is 1.75. The Hall–Kier alpha value is -1.61. The van der Waals surface area contributed by atoms with Gasteiger partial charge in [0.05, 0.1) is 21.1 Å². The van der Waals surface area contributed by atoms with Crippen LogP contribution in [0.2, 0.25) is 5.02 Å². The molecule has 0 aliphatic carbocycles. The first-order chi connectivity index (χ1) is 14.5. The SMILES string of the molecule is CCCCc1ccc(S(=O)(=O)N2CCC(O)(c3ccc(Cl)c(C(F)(F)F)c3)CC2)cc1. The van der Waals surface area contributed by atoms with Gasteiger partial charge in [0.15, 0.2) is 0 Å². The summed E-state index contributed by atoms with van der Waals surface area (Å²) in [5, 5.41) is 10.5. The van der Waals surface area contributed by atoms with Crippen LogP contribution in [-0.2, 0) is 28.2 Å². The predicted octanol–water partition coefficient (Wildman–Crippen LogP) is 5.37. The molecule has 1 aliphatic heterocycles. The number of alkyl halides is 3. The van der Waals surface area contributed by atoms with Gasteiger partial charge in [0.2, 0.25) is 10.0 Å².